The van der Waals surface area contributed by atoms with Crippen molar-refractivity contribution >= 4 is 29.5 Å². The molecule has 9 heteroatoms. The van der Waals surface area contributed by atoms with Crippen molar-refractivity contribution < 1.29 is 33.2 Å². The van der Waals surface area contributed by atoms with Crippen molar-refractivity contribution in [1.82, 2.24) is 0 Å². The van der Waals surface area contributed by atoms with Gasteiger partial charge in [0, 0.05) is 16.9 Å². The number of ether oxygens (including phenoxy) is 6. The van der Waals surface area contributed by atoms with Gasteiger partial charge in [0.2, 0.25) is 19.9 Å². The maximum atomic E-state index is 13.7. The van der Waals surface area contributed by atoms with Crippen molar-refractivity contribution in [2.75, 3.05) is 20.7 Å². The molecule has 7 nitrogen and oxygen atoms in total. The van der Waals surface area contributed by atoms with Gasteiger partial charge in [0.25, 0.3) is 0 Å². The van der Waals surface area contributed by atoms with Gasteiger partial charge in [-0.15, -0.1) is 23.5 Å². The van der Waals surface area contributed by atoms with Crippen LogP contribution in [0.3, 0.4) is 0 Å². The van der Waals surface area contributed by atoms with Crippen molar-refractivity contribution in [3.8, 4) is 23.0 Å². The van der Waals surface area contributed by atoms with Gasteiger partial charge >= 0.3 is 5.97 Å². The van der Waals surface area contributed by atoms with Crippen LogP contribution in [-0.2, 0) is 24.8 Å². The lowest BCUT2D eigenvalue weighted by molar-refractivity contribution is -0.162. The van der Waals surface area contributed by atoms with Crippen LogP contribution in [-0.4, -0.2) is 33.0 Å². The summed E-state index contributed by atoms with van der Waals surface area (Å²) >= 11 is 3.38. The molecule has 0 aromatic heterocycles. The van der Waals surface area contributed by atoms with E-state index >= 15 is 0 Å². The lowest BCUT2D eigenvalue weighted by atomic mass is 9.83. The van der Waals surface area contributed by atoms with E-state index in [2.05, 4.69) is 30.3 Å². The molecular formula is C33H28O7S2. The fraction of sp³-hybridized carbons (Fsp3) is 0.242. The summed E-state index contributed by atoms with van der Waals surface area (Å²) in [7, 11) is 1.60. The molecule has 0 aliphatic carbocycles. The van der Waals surface area contributed by atoms with Gasteiger partial charge in [0.1, 0.15) is 4.08 Å². The molecule has 3 aliphatic rings. The standard InChI is InChI=1S/C33H28O7S2/c1-35-32-30(25(31(34)40-32)16-21-12-14-26-28(17-21)38-19-36-26)33(41-23-8-4-2-5-9-23,42-24-10-6-3-7-11-24)22-13-15-27-29(18-22)39-20-37-27/h2-15,17-18,25,30,32H,16,19-20H2,1H3/t25-,30-,32-/m1/s1. The van der Waals surface area contributed by atoms with Gasteiger partial charge in [-0.3, -0.25) is 4.79 Å². The summed E-state index contributed by atoms with van der Waals surface area (Å²) < 4.78 is 33.8. The topological polar surface area (TPSA) is 72.5 Å². The first-order chi connectivity index (χ1) is 20.6. The first-order valence-corrected chi connectivity index (χ1v) is 15.3. The molecule has 0 radical (unpaired) electrons. The zero-order chi connectivity index (χ0) is 28.5. The largest absolute Gasteiger partial charge is 0.454 e. The molecule has 4 aromatic rings. The molecule has 3 aliphatic heterocycles. The molecular weight excluding hydrogens is 572 g/mol. The Morgan fingerprint density at radius 2 is 1.31 bits per heavy atom. The summed E-state index contributed by atoms with van der Waals surface area (Å²) in [5, 5.41) is 0. The Morgan fingerprint density at radius 3 is 1.93 bits per heavy atom. The minimum absolute atomic E-state index is 0.169. The number of carbonyl (C=O) groups is 1. The van der Waals surface area contributed by atoms with E-state index in [1.54, 1.807) is 30.6 Å². The van der Waals surface area contributed by atoms with Gasteiger partial charge in [-0.2, -0.15) is 0 Å². The van der Waals surface area contributed by atoms with E-state index in [1.165, 1.54) is 0 Å². The summed E-state index contributed by atoms with van der Waals surface area (Å²) in [4.78, 5) is 15.8. The highest BCUT2D eigenvalue weighted by Gasteiger charge is 2.58. The van der Waals surface area contributed by atoms with E-state index in [4.69, 9.17) is 28.4 Å². The van der Waals surface area contributed by atoms with Crippen LogP contribution < -0.4 is 18.9 Å². The van der Waals surface area contributed by atoms with Gasteiger partial charge in [-0.1, -0.05) is 48.5 Å². The molecule has 0 saturated carbocycles. The Morgan fingerprint density at radius 1 is 0.738 bits per heavy atom. The van der Waals surface area contributed by atoms with Crippen LogP contribution in [0.4, 0.5) is 0 Å². The predicted molar refractivity (Wildman–Crippen MR) is 159 cm³/mol. The van der Waals surface area contributed by atoms with Crippen LogP contribution in [0.15, 0.2) is 107 Å². The van der Waals surface area contributed by atoms with Crippen LogP contribution in [0, 0.1) is 11.8 Å². The van der Waals surface area contributed by atoms with Crippen LogP contribution in [0.25, 0.3) is 0 Å². The number of hydrogen-bond donors (Lipinski definition) is 0. The first-order valence-electron chi connectivity index (χ1n) is 13.6. The number of esters is 1. The van der Waals surface area contributed by atoms with Gasteiger partial charge in [-0.05, 0) is 66.1 Å². The zero-order valence-electron chi connectivity index (χ0n) is 22.8. The minimum Gasteiger partial charge on any atom is -0.454 e. The minimum atomic E-state index is -0.783. The monoisotopic (exact) mass is 600 g/mol. The number of benzene rings is 4. The third-order valence-corrected chi connectivity index (χ3v) is 10.8. The second-order valence-corrected chi connectivity index (χ2v) is 13.0. The van der Waals surface area contributed by atoms with Crippen molar-refractivity contribution in [1.29, 1.82) is 0 Å². The third kappa shape index (κ3) is 5.06. The Labute approximate surface area is 252 Å². The van der Waals surface area contributed by atoms with Crippen LogP contribution >= 0.6 is 23.5 Å². The molecule has 3 atom stereocenters. The highest BCUT2D eigenvalue weighted by atomic mass is 32.2. The molecule has 4 aromatic carbocycles. The van der Waals surface area contributed by atoms with E-state index < -0.39 is 22.2 Å². The quantitative estimate of drug-likeness (QED) is 0.116. The third-order valence-electron chi connectivity index (χ3n) is 7.63. The van der Waals surface area contributed by atoms with Gasteiger partial charge in [0.15, 0.2) is 23.0 Å². The van der Waals surface area contributed by atoms with Gasteiger partial charge < -0.3 is 28.4 Å². The number of fused-ring (bicyclic) bond motifs is 2. The number of carbonyl (C=O) groups excluding carboxylic acids is 1. The maximum absolute atomic E-state index is 13.7. The Balaban J connectivity index is 1.40. The normalized spacial score (nSPS) is 20.5. The summed E-state index contributed by atoms with van der Waals surface area (Å²) in [6.07, 6.45) is -0.342. The fourth-order valence-electron chi connectivity index (χ4n) is 5.69. The molecule has 0 N–H and O–H groups in total. The highest BCUT2D eigenvalue weighted by Crippen LogP contribution is 2.63. The van der Waals surface area contributed by atoms with Crippen molar-refractivity contribution in [2.24, 2.45) is 11.8 Å². The van der Waals surface area contributed by atoms with E-state index in [9.17, 15) is 4.79 Å². The van der Waals surface area contributed by atoms with Crippen LogP contribution in [0.5, 0.6) is 23.0 Å². The second-order valence-electron chi connectivity index (χ2n) is 10.1. The van der Waals surface area contributed by atoms with E-state index in [0.717, 1.165) is 20.9 Å². The van der Waals surface area contributed by atoms with E-state index in [0.29, 0.717) is 29.4 Å². The van der Waals surface area contributed by atoms with Crippen LogP contribution in [0.1, 0.15) is 11.1 Å². The zero-order valence-corrected chi connectivity index (χ0v) is 24.4. The molecule has 0 unspecified atom stereocenters. The molecule has 1 saturated heterocycles. The Hall–Kier alpha value is -3.79. The lowest BCUT2D eigenvalue weighted by Gasteiger charge is -2.41. The number of cyclic esters (lactones) is 1. The molecule has 1 fully saturated rings. The number of hydrogen-bond acceptors (Lipinski definition) is 9. The second kappa shape index (κ2) is 11.5. The van der Waals surface area contributed by atoms with Crippen molar-refractivity contribution in [3.63, 3.8) is 0 Å². The van der Waals surface area contributed by atoms with Gasteiger partial charge in [0.05, 0.1) is 11.8 Å². The number of rotatable bonds is 9. The molecule has 3 heterocycles. The van der Waals surface area contributed by atoms with Crippen LogP contribution in [0.2, 0.25) is 0 Å². The molecule has 42 heavy (non-hydrogen) atoms. The van der Waals surface area contributed by atoms with E-state index in [-0.39, 0.29) is 19.6 Å². The summed E-state index contributed by atoms with van der Waals surface area (Å²) in [5.74, 6) is 1.53. The lowest BCUT2D eigenvalue weighted by Crippen LogP contribution is -2.40. The maximum Gasteiger partial charge on any atom is 0.312 e. The highest BCUT2D eigenvalue weighted by molar-refractivity contribution is 8.17. The Kier molecular flexibility index (Phi) is 7.39. The molecule has 7 rings (SSSR count). The predicted octanol–water partition coefficient (Wildman–Crippen LogP) is 6.89. The average Bonchev–Trinajstić information content (AvgIpc) is 3.76. The number of thioether (sulfide) groups is 2. The summed E-state index contributed by atoms with van der Waals surface area (Å²) in [6, 6.07) is 32.3. The Bertz CT molecular complexity index is 1540. The fourth-order valence-corrected chi connectivity index (χ4v) is 9.03. The number of methoxy groups -OCH3 is 1. The average molecular weight is 601 g/mol. The molecule has 0 bridgehead atoms. The van der Waals surface area contributed by atoms with Gasteiger partial charge in [-0.25, -0.2) is 0 Å². The van der Waals surface area contributed by atoms with E-state index in [1.807, 2.05) is 66.7 Å². The molecule has 214 valence electrons. The van der Waals surface area contributed by atoms with Crippen molar-refractivity contribution in [3.05, 3.63) is 108 Å². The summed E-state index contributed by atoms with van der Waals surface area (Å²) in [5.41, 5.74) is 1.92. The first kappa shape index (κ1) is 27.1. The molecule has 0 spiro atoms. The SMILES string of the molecule is CO[C@@H]1OC(=O)[C@H](Cc2ccc3c(c2)OCO3)[C@H]1C(Sc1ccccc1)(Sc1ccccc1)c1ccc2c(c1)OCO2. The summed E-state index contributed by atoms with van der Waals surface area (Å²) in [6.45, 7) is 0.356. The smallest absolute Gasteiger partial charge is 0.312 e. The molecule has 0 amide bonds. The van der Waals surface area contributed by atoms with Crippen molar-refractivity contribution in [2.45, 2.75) is 26.6 Å².